The summed E-state index contributed by atoms with van der Waals surface area (Å²) in [4.78, 5) is 33.5. The summed E-state index contributed by atoms with van der Waals surface area (Å²) in [5, 5.41) is 0. The summed E-state index contributed by atoms with van der Waals surface area (Å²) in [6.07, 6.45) is 11.4. The van der Waals surface area contributed by atoms with Gasteiger partial charge in [-0.05, 0) is 130 Å². The van der Waals surface area contributed by atoms with E-state index in [0.29, 0.717) is 19.3 Å². The highest BCUT2D eigenvalue weighted by Crippen LogP contribution is 2.33. The van der Waals surface area contributed by atoms with Crippen LogP contribution in [0.2, 0.25) is 0 Å². The third kappa shape index (κ3) is 9.44. The van der Waals surface area contributed by atoms with Crippen molar-refractivity contribution < 1.29 is 14.4 Å². The highest BCUT2D eigenvalue weighted by molar-refractivity contribution is 5.86. The summed E-state index contributed by atoms with van der Waals surface area (Å²) in [5.41, 5.74) is 32.7. The minimum atomic E-state index is -0.363. The van der Waals surface area contributed by atoms with Crippen LogP contribution in [-0.2, 0) is 33.6 Å². The standard InChI is InChI=1S/3C14H17NO/c3*1-9-3-4-11-5-6-12(13(11)7-9)8-14(15)10(2)16/h3*3-4,6-7,14H,5,8,15H2,1-2H3/t2*14-;/m10./s1. The van der Waals surface area contributed by atoms with Gasteiger partial charge in [0, 0.05) is 0 Å². The molecule has 0 amide bonds. The van der Waals surface area contributed by atoms with Crippen LogP contribution in [0.3, 0.4) is 0 Å². The summed E-state index contributed by atoms with van der Waals surface area (Å²) in [6, 6.07) is 18.3. The molecule has 6 rings (SSSR count). The van der Waals surface area contributed by atoms with E-state index in [2.05, 4.69) is 93.6 Å². The van der Waals surface area contributed by atoms with Gasteiger partial charge in [0.05, 0.1) is 18.1 Å². The predicted molar refractivity (Wildman–Crippen MR) is 198 cm³/mol. The van der Waals surface area contributed by atoms with Crippen molar-refractivity contribution in [3.63, 3.8) is 0 Å². The van der Waals surface area contributed by atoms with E-state index in [1.54, 1.807) is 20.8 Å². The van der Waals surface area contributed by atoms with Crippen LogP contribution in [0.4, 0.5) is 0 Å². The molecule has 6 heteroatoms. The first-order valence-electron chi connectivity index (χ1n) is 16.9. The molecule has 0 bridgehead atoms. The van der Waals surface area contributed by atoms with Crippen LogP contribution < -0.4 is 17.2 Å². The maximum Gasteiger partial charge on any atom is 0.146 e. The van der Waals surface area contributed by atoms with Gasteiger partial charge in [-0.15, -0.1) is 0 Å². The summed E-state index contributed by atoms with van der Waals surface area (Å²) in [6.45, 7) is 10.9. The second-order valence-corrected chi connectivity index (χ2v) is 13.5. The number of hydrogen-bond donors (Lipinski definition) is 3. The molecule has 3 aromatic rings. The van der Waals surface area contributed by atoms with Gasteiger partial charge in [0.2, 0.25) is 0 Å². The molecule has 6 N–H and O–H groups in total. The average molecular weight is 646 g/mol. The van der Waals surface area contributed by atoms with Crippen molar-refractivity contribution in [2.45, 2.75) is 98.2 Å². The van der Waals surface area contributed by atoms with Gasteiger partial charge in [-0.1, -0.05) is 89.5 Å². The fraction of sp³-hybridized carbons (Fsp3) is 0.357. The maximum absolute atomic E-state index is 11.2. The normalized spacial score (nSPS) is 15.6. The van der Waals surface area contributed by atoms with Crippen molar-refractivity contribution in [3.8, 4) is 0 Å². The quantitative estimate of drug-likeness (QED) is 0.237. The Morgan fingerprint density at radius 3 is 0.979 bits per heavy atom. The second kappa shape index (κ2) is 16.2. The molecule has 0 radical (unpaired) electrons. The molecule has 1 unspecified atom stereocenters. The fourth-order valence-electron chi connectivity index (χ4n) is 6.25. The lowest BCUT2D eigenvalue weighted by Crippen LogP contribution is -2.28. The van der Waals surface area contributed by atoms with Crippen molar-refractivity contribution in [1.82, 2.24) is 0 Å². The summed E-state index contributed by atoms with van der Waals surface area (Å²) >= 11 is 0. The molecule has 0 saturated heterocycles. The van der Waals surface area contributed by atoms with Gasteiger partial charge in [-0.3, -0.25) is 14.4 Å². The van der Waals surface area contributed by atoms with E-state index in [9.17, 15) is 14.4 Å². The molecule has 252 valence electrons. The number of rotatable bonds is 9. The molecular weight excluding hydrogens is 594 g/mol. The van der Waals surface area contributed by atoms with Gasteiger partial charge in [-0.2, -0.15) is 0 Å². The zero-order valence-electron chi connectivity index (χ0n) is 29.4. The summed E-state index contributed by atoms with van der Waals surface area (Å²) < 4.78 is 0. The van der Waals surface area contributed by atoms with Crippen LogP contribution in [-0.4, -0.2) is 35.5 Å². The number of benzene rings is 3. The first-order chi connectivity index (χ1) is 22.7. The van der Waals surface area contributed by atoms with Crippen LogP contribution in [0.1, 0.15) is 90.1 Å². The number of ketones is 3. The van der Waals surface area contributed by atoms with Crippen molar-refractivity contribution in [3.05, 3.63) is 123 Å². The van der Waals surface area contributed by atoms with E-state index in [1.807, 2.05) is 0 Å². The number of fused-ring (bicyclic) bond motifs is 3. The Kier molecular flexibility index (Phi) is 12.4. The first-order valence-corrected chi connectivity index (χ1v) is 16.9. The van der Waals surface area contributed by atoms with Gasteiger partial charge in [0.25, 0.3) is 0 Å². The van der Waals surface area contributed by atoms with Gasteiger partial charge in [-0.25, -0.2) is 0 Å². The summed E-state index contributed by atoms with van der Waals surface area (Å²) in [7, 11) is 0. The molecule has 0 heterocycles. The zero-order chi connectivity index (χ0) is 35.1. The highest BCUT2D eigenvalue weighted by Gasteiger charge is 2.20. The third-order valence-corrected chi connectivity index (χ3v) is 9.43. The molecular formula is C42H51N3O3. The molecule has 0 aromatic heterocycles. The van der Waals surface area contributed by atoms with E-state index in [1.165, 1.54) is 66.8 Å². The van der Waals surface area contributed by atoms with Gasteiger partial charge < -0.3 is 17.2 Å². The first kappa shape index (κ1) is 36.6. The molecule has 6 nitrogen and oxygen atoms in total. The molecule has 3 aromatic carbocycles. The topological polar surface area (TPSA) is 129 Å². The predicted octanol–water partition coefficient (Wildman–Crippen LogP) is 6.72. The van der Waals surface area contributed by atoms with Crippen LogP contribution >= 0.6 is 0 Å². The van der Waals surface area contributed by atoms with E-state index >= 15 is 0 Å². The Hall–Kier alpha value is -4.23. The van der Waals surface area contributed by atoms with E-state index in [0.717, 1.165) is 19.3 Å². The largest absolute Gasteiger partial charge is 0.321 e. The molecule has 0 aliphatic heterocycles. The lowest BCUT2D eigenvalue weighted by atomic mass is 9.97. The number of allylic oxidation sites excluding steroid dienone is 3. The van der Waals surface area contributed by atoms with Crippen molar-refractivity contribution in [2.75, 3.05) is 0 Å². The average Bonchev–Trinajstić information content (AvgIpc) is 3.74. The lowest BCUT2D eigenvalue weighted by molar-refractivity contribution is -0.118. The maximum atomic E-state index is 11.2. The number of nitrogens with two attached hydrogens (primary N) is 3. The Morgan fingerprint density at radius 1 is 0.500 bits per heavy atom. The van der Waals surface area contributed by atoms with E-state index in [4.69, 9.17) is 17.2 Å². The number of carbonyl (C=O) groups excluding carboxylic acids is 3. The number of carbonyl (C=O) groups is 3. The molecule has 48 heavy (non-hydrogen) atoms. The Labute approximate surface area is 286 Å². The molecule has 0 saturated carbocycles. The molecule has 3 aliphatic carbocycles. The van der Waals surface area contributed by atoms with E-state index < -0.39 is 0 Å². The molecule has 3 aliphatic rings. The Bertz CT molecular complexity index is 1590. The number of hydrogen-bond acceptors (Lipinski definition) is 6. The van der Waals surface area contributed by atoms with Crippen LogP contribution in [0.5, 0.6) is 0 Å². The number of Topliss-reactive ketones (excluding diaryl/α,β-unsaturated/α-hetero) is 3. The molecule has 3 atom stereocenters. The van der Waals surface area contributed by atoms with Crippen LogP contribution in [0.25, 0.3) is 16.7 Å². The fourth-order valence-corrected chi connectivity index (χ4v) is 6.25. The zero-order valence-corrected chi connectivity index (χ0v) is 29.4. The SMILES string of the molecule is CC(=O)C(N)CC1=CCc2ccc(C)cc21.CC(=O)[C@@H](N)CC1=CCc2ccc(C)cc21.CC(=O)[C@H](N)CC1=CCc2ccc(C)cc21. The highest BCUT2D eigenvalue weighted by atomic mass is 16.1. The number of aryl methyl sites for hydroxylation is 3. The van der Waals surface area contributed by atoms with E-state index in [-0.39, 0.29) is 35.5 Å². The lowest BCUT2D eigenvalue weighted by Gasteiger charge is -2.11. The van der Waals surface area contributed by atoms with Crippen LogP contribution in [0, 0.1) is 20.8 Å². The third-order valence-electron chi connectivity index (χ3n) is 9.43. The smallest absolute Gasteiger partial charge is 0.146 e. The second-order valence-electron chi connectivity index (χ2n) is 13.5. The Morgan fingerprint density at radius 2 is 0.750 bits per heavy atom. The summed E-state index contributed by atoms with van der Waals surface area (Å²) in [5.74, 6) is 0.172. The Balaban J connectivity index is 0.000000163. The van der Waals surface area contributed by atoms with Crippen LogP contribution in [0.15, 0.2) is 72.8 Å². The van der Waals surface area contributed by atoms with Gasteiger partial charge in [0.1, 0.15) is 17.3 Å². The van der Waals surface area contributed by atoms with Gasteiger partial charge >= 0.3 is 0 Å². The molecule has 0 fully saturated rings. The van der Waals surface area contributed by atoms with Crippen molar-refractivity contribution in [1.29, 1.82) is 0 Å². The minimum Gasteiger partial charge on any atom is -0.321 e. The van der Waals surface area contributed by atoms with Crippen molar-refractivity contribution >= 4 is 34.1 Å². The monoisotopic (exact) mass is 645 g/mol. The van der Waals surface area contributed by atoms with Crippen molar-refractivity contribution in [2.24, 2.45) is 17.2 Å². The minimum absolute atomic E-state index is 0.0574. The van der Waals surface area contributed by atoms with Gasteiger partial charge in [0.15, 0.2) is 0 Å². The molecule has 0 spiro atoms.